The van der Waals surface area contributed by atoms with Crippen LogP contribution in [0.25, 0.3) is 0 Å². The molecule has 6 nitrogen and oxygen atoms in total. The van der Waals surface area contributed by atoms with Gasteiger partial charge in [-0.1, -0.05) is 60.7 Å². The molecule has 8 rings (SSSR count). The molecule has 0 aromatic heterocycles. The molecule has 0 spiro atoms. The van der Waals surface area contributed by atoms with Gasteiger partial charge in [-0.25, -0.2) is 0 Å². The summed E-state index contributed by atoms with van der Waals surface area (Å²) in [4.78, 5) is 57.1. The van der Waals surface area contributed by atoms with E-state index in [1.165, 1.54) is 9.80 Å². The van der Waals surface area contributed by atoms with Crippen LogP contribution < -0.4 is 9.80 Å². The molecule has 2 aromatic rings. The number of fused-ring (bicyclic) bond motifs is 10. The van der Waals surface area contributed by atoms with Crippen LogP contribution in [-0.4, -0.2) is 23.6 Å². The van der Waals surface area contributed by atoms with Gasteiger partial charge in [-0.3, -0.25) is 29.0 Å². The molecule has 2 aliphatic heterocycles. The standard InChI is InChI=1S/C39H38N2O4/c1-3-5-7-28-29-16-17-30(28)33-32(29)36(43)40(37(33)44)26-12-8-23(9-13-26)21-24-10-14-27(15-11-24)41-35(42)31-25-18-20-39(22-25,19-6-4-2)34(31)38(41)45/h3-4,8-18,20,25,28-34H,1-2,5-7,19,21-22H2. The third kappa shape index (κ3) is 4.00. The Morgan fingerprint density at radius 2 is 1.22 bits per heavy atom. The molecule has 4 bridgehead atoms. The monoisotopic (exact) mass is 598 g/mol. The van der Waals surface area contributed by atoms with Crippen molar-refractivity contribution in [1.82, 2.24) is 0 Å². The smallest absolute Gasteiger partial charge is 0.238 e. The van der Waals surface area contributed by atoms with Crippen LogP contribution in [0.2, 0.25) is 0 Å². The fourth-order valence-corrected chi connectivity index (χ4v) is 9.86. The summed E-state index contributed by atoms with van der Waals surface area (Å²) in [5.41, 5.74) is 3.12. The molecule has 0 N–H and O–H groups in total. The lowest BCUT2D eigenvalue weighted by Gasteiger charge is -2.30. The SMILES string of the molecule is C=CCCC1C2C=CC1C1C(=O)N(c3ccc(Cc4ccc(N5C(=O)C6C7C=CC(CCC=C)(C7)C6C5=O)cc4)cc3)C(=O)C21. The molecule has 4 aliphatic carbocycles. The van der Waals surface area contributed by atoms with Crippen molar-refractivity contribution in [3.63, 3.8) is 0 Å². The molecule has 6 aliphatic rings. The third-order valence-electron chi connectivity index (χ3n) is 11.8. The zero-order chi connectivity index (χ0) is 31.0. The lowest BCUT2D eigenvalue weighted by atomic mass is 9.72. The first kappa shape index (κ1) is 28.2. The van der Waals surface area contributed by atoms with E-state index in [1.807, 2.05) is 60.7 Å². The van der Waals surface area contributed by atoms with Crippen molar-refractivity contribution in [2.45, 2.75) is 38.5 Å². The maximum absolute atomic E-state index is 13.7. The molecule has 8 unspecified atom stereocenters. The molecule has 0 radical (unpaired) electrons. The number of benzene rings is 2. The molecular formula is C39H38N2O4. The van der Waals surface area contributed by atoms with Gasteiger partial charge in [0.1, 0.15) is 0 Å². The molecule has 2 aromatic carbocycles. The quantitative estimate of drug-likeness (QED) is 0.233. The highest BCUT2D eigenvalue weighted by atomic mass is 16.2. The third-order valence-corrected chi connectivity index (χ3v) is 11.8. The second-order valence-corrected chi connectivity index (χ2v) is 13.9. The minimum Gasteiger partial charge on any atom is -0.274 e. The second kappa shape index (κ2) is 10.4. The summed E-state index contributed by atoms with van der Waals surface area (Å²) in [6, 6.07) is 15.4. The highest BCUT2D eigenvalue weighted by Crippen LogP contribution is 2.62. The number of imide groups is 2. The largest absolute Gasteiger partial charge is 0.274 e. The van der Waals surface area contributed by atoms with Crippen molar-refractivity contribution in [3.8, 4) is 0 Å². The molecule has 2 saturated heterocycles. The molecule has 8 atom stereocenters. The number of amides is 4. The average Bonchev–Trinajstić information content (AvgIpc) is 3.88. The molecule has 6 heteroatoms. The first-order valence-corrected chi connectivity index (χ1v) is 16.4. The van der Waals surface area contributed by atoms with Gasteiger partial charge in [-0.2, -0.15) is 0 Å². The Hall–Kier alpha value is -4.32. The zero-order valence-corrected chi connectivity index (χ0v) is 25.4. The van der Waals surface area contributed by atoms with E-state index >= 15 is 0 Å². The molecule has 45 heavy (non-hydrogen) atoms. The fraction of sp³-hybridized carbons (Fsp3) is 0.385. The normalized spacial score (nSPS) is 35.2. The summed E-state index contributed by atoms with van der Waals surface area (Å²) in [5, 5.41) is 0. The molecule has 2 heterocycles. The van der Waals surface area contributed by atoms with Gasteiger partial charge in [0.15, 0.2) is 0 Å². The number of hydrogen-bond acceptors (Lipinski definition) is 4. The summed E-state index contributed by atoms with van der Waals surface area (Å²) in [6.07, 6.45) is 17.6. The first-order chi connectivity index (χ1) is 21.9. The first-order valence-electron chi connectivity index (χ1n) is 16.4. The lowest BCUT2D eigenvalue weighted by Crippen LogP contribution is -2.35. The van der Waals surface area contributed by atoms with Gasteiger partial charge in [-0.15, -0.1) is 13.2 Å². The van der Waals surface area contributed by atoms with Crippen molar-refractivity contribution >= 4 is 35.0 Å². The maximum atomic E-state index is 13.7. The van der Waals surface area contributed by atoms with Crippen molar-refractivity contribution < 1.29 is 19.2 Å². The predicted octanol–water partition coefficient (Wildman–Crippen LogP) is 6.43. The van der Waals surface area contributed by atoms with Gasteiger partial charge in [0.25, 0.3) is 0 Å². The van der Waals surface area contributed by atoms with E-state index < -0.39 is 0 Å². The number of anilines is 2. The lowest BCUT2D eigenvalue weighted by molar-refractivity contribution is -0.125. The number of carbonyl (C=O) groups is 4. The topological polar surface area (TPSA) is 74.8 Å². The Balaban J connectivity index is 0.944. The molecular weight excluding hydrogens is 560 g/mol. The van der Waals surface area contributed by atoms with Crippen LogP contribution in [0, 0.1) is 52.8 Å². The van der Waals surface area contributed by atoms with Gasteiger partial charge in [0.05, 0.1) is 35.0 Å². The Bertz CT molecular complexity index is 1650. The number of hydrogen-bond donors (Lipinski definition) is 0. The summed E-state index contributed by atoms with van der Waals surface area (Å²) >= 11 is 0. The predicted molar refractivity (Wildman–Crippen MR) is 173 cm³/mol. The van der Waals surface area contributed by atoms with Gasteiger partial charge in [0, 0.05) is 5.41 Å². The van der Waals surface area contributed by atoms with E-state index in [9.17, 15) is 19.2 Å². The van der Waals surface area contributed by atoms with E-state index in [0.29, 0.717) is 23.7 Å². The highest BCUT2D eigenvalue weighted by molar-refractivity contribution is 6.23. The van der Waals surface area contributed by atoms with Crippen LogP contribution in [0.1, 0.15) is 43.2 Å². The number of allylic oxidation sites excluding steroid dienone is 6. The molecule has 2 saturated carbocycles. The van der Waals surface area contributed by atoms with E-state index in [2.05, 4.69) is 37.5 Å². The van der Waals surface area contributed by atoms with Crippen molar-refractivity contribution in [2.24, 2.45) is 52.8 Å². The minimum atomic E-state index is -0.280. The highest BCUT2D eigenvalue weighted by Gasteiger charge is 2.66. The fourth-order valence-electron chi connectivity index (χ4n) is 9.86. The summed E-state index contributed by atoms with van der Waals surface area (Å²) in [5.74, 6) is -0.559. The van der Waals surface area contributed by atoms with Gasteiger partial charge < -0.3 is 0 Å². The number of nitrogens with zero attached hydrogens (tertiary/aromatic N) is 2. The second-order valence-electron chi connectivity index (χ2n) is 13.9. The van der Waals surface area contributed by atoms with Crippen LogP contribution in [0.15, 0.2) is 98.1 Å². The Morgan fingerprint density at radius 1 is 0.689 bits per heavy atom. The van der Waals surface area contributed by atoms with E-state index in [1.54, 1.807) is 0 Å². The van der Waals surface area contributed by atoms with Gasteiger partial charge in [0.2, 0.25) is 23.6 Å². The molecule has 4 amide bonds. The van der Waals surface area contributed by atoms with E-state index in [-0.39, 0.29) is 70.5 Å². The summed E-state index contributed by atoms with van der Waals surface area (Å²) in [7, 11) is 0. The van der Waals surface area contributed by atoms with Crippen LogP contribution in [0.3, 0.4) is 0 Å². The molecule has 228 valence electrons. The number of rotatable bonds is 10. The van der Waals surface area contributed by atoms with Crippen molar-refractivity contribution in [3.05, 3.63) is 109 Å². The van der Waals surface area contributed by atoms with Crippen LogP contribution in [0.4, 0.5) is 11.4 Å². The van der Waals surface area contributed by atoms with Gasteiger partial charge >= 0.3 is 0 Å². The van der Waals surface area contributed by atoms with Crippen molar-refractivity contribution in [2.75, 3.05) is 9.80 Å². The summed E-state index contributed by atoms with van der Waals surface area (Å²) in [6.45, 7) is 7.69. The van der Waals surface area contributed by atoms with Crippen LogP contribution in [0.5, 0.6) is 0 Å². The summed E-state index contributed by atoms with van der Waals surface area (Å²) < 4.78 is 0. The minimum absolute atomic E-state index is 0.0700. The maximum Gasteiger partial charge on any atom is 0.238 e. The van der Waals surface area contributed by atoms with E-state index in [0.717, 1.165) is 43.2 Å². The van der Waals surface area contributed by atoms with Crippen molar-refractivity contribution in [1.29, 1.82) is 0 Å². The van der Waals surface area contributed by atoms with Crippen LogP contribution in [-0.2, 0) is 25.6 Å². The Kier molecular flexibility index (Phi) is 6.49. The zero-order valence-electron chi connectivity index (χ0n) is 25.4. The molecule has 4 fully saturated rings. The average molecular weight is 599 g/mol. The van der Waals surface area contributed by atoms with Gasteiger partial charge in [-0.05, 0) is 97.6 Å². The Morgan fingerprint density at radius 3 is 1.78 bits per heavy atom. The van der Waals surface area contributed by atoms with E-state index in [4.69, 9.17) is 0 Å². The number of carbonyl (C=O) groups excluding carboxylic acids is 4. The van der Waals surface area contributed by atoms with Crippen LogP contribution >= 0.6 is 0 Å². The Labute approximate surface area is 264 Å².